The summed E-state index contributed by atoms with van der Waals surface area (Å²) in [5.41, 5.74) is 1.53. The standard InChI is InChI=1S/C21H16ClN3O2S/c1-25(21-23-11-4-12-24-21)20(26)19-17(16-5-2-3-6-18(16)27-19)13-28-15-9-7-14(22)8-10-15/h2-12H,13H2,1H3. The predicted molar refractivity (Wildman–Crippen MR) is 112 cm³/mol. The molecule has 0 aliphatic carbocycles. The number of aromatic nitrogens is 2. The number of hydrogen-bond donors (Lipinski definition) is 0. The lowest BCUT2D eigenvalue weighted by Gasteiger charge is -2.14. The molecule has 5 nitrogen and oxygen atoms in total. The Morgan fingerprint density at radius 1 is 1.07 bits per heavy atom. The largest absolute Gasteiger partial charge is 0.451 e. The number of carbonyl (C=O) groups excluding carboxylic acids is 1. The molecule has 0 spiro atoms. The average molecular weight is 410 g/mol. The molecule has 0 aliphatic rings. The van der Waals surface area contributed by atoms with E-state index in [-0.39, 0.29) is 5.91 Å². The highest BCUT2D eigenvalue weighted by atomic mass is 35.5. The van der Waals surface area contributed by atoms with Crippen molar-refractivity contribution in [2.45, 2.75) is 10.6 Å². The third kappa shape index (κ3) is 3.74. The number of amides is 1. The highest BCUT2D eigenvalue weighted by molar-refractivity contribution is 7.98. The molecule has 0 saturated carbocycles. The van der Waals surface area contributed by atoms with Crippen LogP contribution in [0.2, 0.25) is 5.02 Å². The van der Waals surface area contributed by atoms with Crippen molar-refractivity contribution in [3.8, 4) is 0 Å². The number of fused-ring (bicyclic) bond motifs is 1. The second kappa shape index (κ2) is 8.04. The molecule has 4 aromatic rings. The number of rotatable bonds is 5. The number of benzene rings is 2. The maximum Gasteiger partial charge on any atom is 0.296 e. The van der Waals surface area contributed by atoms with Crippen molar-refractivity contribution < 1.29 is 9.21 Å². The molecule has 0 radical (unpaired) electrons. The number of carbonyl (C=O) groups is 1. The number of para-hydroxylation sites is 1. The van der Waals surface area contributed by atoms with Gasteiger partial charge in [-0.05, 0) is 36.4 Å². The summed E-state index contributed by atoms with van der Waals surface area (Å²) in [6, 6.07) is 17.0. The average Bonchev–Trinajstić information content (AvgIpc) is 3.11. The summed E-state index contributed by atoms with van der Waals surface area (Å²) in [5, 5.41) is 1.62. The van der Waals surface area contributed by atoms with Gasteiger partial charge < -0.3 is 4.42 Å². The molecule has 0 N–H and O–H groups in total. The third-order valence-corrected chi connectivity index (χ3v) is 5.54. The van der Waals surface area contributed by atoms with Gasteiger partial charge in [-0.1, -0.05) is 29.8 Å². The molecule has 7 heteroatoms. The zero-order valence-electron chi connectivity index (χ0n) is 15.0. The van der Waals surface area contributed by atoms with Gasteiger partial charge in [0.05, 0.1) is 0 Å². The van der Waals surface area contributed by atoms with Crippen molar-refractivity contribution in [2.24, 2.45) is 0 Å². The van der Waals surface area contributed by atoms with E-state index in [9.17, 15) is 4.79 Å². The molecule has 0 bridgehead atoms. The first-order valence-corrected chi connectivity index (χ1v) is 9.93. The van der Waals surface area contributed by atoms with Crippen molar-refractivity contribution in [3.63, 3.8) is 0 Å². The fraction of sp³-hybridized carbons (Fsp3) is 0.0952. The van der Waals surface area contributed by atoms with E-state index < -0.39 is 0 Å². The van der Waals surface area contributed by atoms with E-state index >= 15 is 0 Å². The molecule has 2 aromatic heterocycles. The van der Waals surface area contributed by atoms with E-state index in [4.69, 9.17) is 16.0 Å². The summed E-state index contributed by atoms with van der Waals surface area (Å²) >= 11 is 7.58. The smallest absolute Gasteiger partial charge is 0.296 e. The number of furan rings is 1. The summed E-state index contributed by atoms with van der Waals surface area (Å²) in [6.07, 6.45) is 3.20. The van der Waals surface area contributed by atoms with Crippen molar-refractivity contribution in [1.82, 2.24) is 9.97 Å². The highest BCUT2D eigenvalue weighted by Crippen LogP contribution is 2.33. The van der Waals surface area contributed by atoms with Crippen LogP contribution < -0.4 is 4.90 Å². The molecule has 2 aromatic carbocycles. The second-order valence-electron chi connectivity index (χ2n) is 6.06. The summed E-state index contributed by atoms with van der Waals surface area (Å²) < 4.78 is 5.93. The first kappa shape index (κ1) is 18.5. The Balaban J connectivity index is 1.68. The topological polar surface area (TPSA) is 59.2 Å². The quantitative estimate of drug-likeness (QED) is 0.410. The number of anilines is 1. The maximum absolute atomic E-state index is 13.1. The third-order valence-electron chi connectivity index (χ3n) is 4.25. The fourth-order valence-corrected chi connectivity index (χ4v) is 3.86. The Morgan fingerprint density at radius 3 is 2.54 bits per heavy atom. The monoisotopic (exact) mass is 409 g/mol. The maximum atomic E-state index is 13.1. The van der Waals surface area contributed by atoms with Crippen molar-refractivity contribution in [2.75, 3.05) is 11.9 Å². The molecular formula is C21H16ClN3O2S. The van der Waals surface area contributed by atoms with E-state index in [1.807, 2.05) is 48.5 Å². The highest BCUT2D eigenvalue weighted by Gasteiger charge is 2.25. The van der Waals surface area contributed by atoms with E-state index in [1.165, 1.54) is 4.90 Å². The van der Waals surface area contributed by atoms with Gasteiger partial charge in [-0.15, -0.1) is 11.8 Å². The molecule has 0 aliphatic heterocycles. The molecule has 0 saturated heterocycles. The fourth-order valence-electron chi connectivity index (χ4n) is 2.81. The summed E-state index contributed by atoms with van der Waals surface area (Å²) in [6.45, 7) is 0. The van der Waals surface area contributed by atoms with Crippen LogP contribution in [0.5, 0.6) is 0 Å². The van der Waals surface area contributed by atoms with Gasteiger partial charge >= 0.3 is 0 Å². The van der Waals surface area contributed by atoms with Crippen LogP contribution in [-0.4, -0.2) is 22.9 Å². The van der Waals surface area contributed by atoms with Gasteiger partial charge in [-0.3, -0.25) is 9.69 Å². The van der Waals surface area contributed by atoms with Crippen LogP contribution >= 0.6 is 23.4 Å². The van der Waals surface area contributed by atoms with Gasteiger partial charge in [0.1, 0.15) is 5.58 Å². The van der Waals surface area contributed by atoms with Gasteiger partial charge in [0.2, 0.25) is 5.95 Å². The normalized spacial score (nSPS) is 10.9. The van der Waals surface area contributed by atoms with E-state index in [0.29, 0.717) is 28.1 Å². The number of nitrogens with zero attached hydrogens (tertiary/aromatic N) is 3. The van der Waals surface area contributed by atoms with Crippen LogP contribution in [0.3, 0.4) is 0 Å². The zero-order chi connectivity index (χ0) is 19.5. The van der Waals surface area contributed by atoms with Gasteiger partial charge in [0, 0.05) is 46.1 Å². The molecule has 0 unspecified atom stereocenters. The Morgan fingerprint density at radius 2 is 1.79 bits per heavy atom. The Kier molecular flexibility index (Phi) is 5.32. The van der Waals surface area contributed by atoms with Gasteiger partial charge in [0.15, 0.2) is 5.76 Å². The first-order valence-electron chi connectivity index (χ1n) is 8.57. The lowest BCUT2D eigenvalue weighted by atomic mass is 10.1. The van der Waals surface area contributed by atoms with E-state index in [0.717, 1.165) is 15.8 Å². The minimum Gasteiger partial charge on any atom is -0.451 e. The SMILES string of the molecule is CN(C(=O)c1oc2ccccc2c1CSc1ccc(Cl)cc1)c1ncccn1. The van der Waals surface area contributed by atoms with Crippen LogP contribution in [0.4, 0.5) is 5.95 Å². The molecular weight excluding hydrogens is 394 g/mol. The van der Waals surface area contributed by atoms with Gasteiger partial charge in [0.25, 0.3) is 5.91 Å². The molecule has 0 atom stereocenters. The van der Waals surface area contributed by atoms with Crippen LogP contribution in [0.1, 0.15) is 16.1 Å². The molecule has 4 rings (SSSR count). The van der Waals surface area contributed by atoms with E-state index in [2.05, 4.69) is 9.97 Å². The Bertz CT molecular complexity index is 1110. The second-order valence-corrected chi connectivity index (χ2v) is 7.55. The lowest BCUT2D eigenvalue weighted by Crippen LogP contribution is -2.28. The first-order chi connectivity index (χ1) is 13.6. The summed E-state index contributed by atoms with van der Waals surface area (Å²) in [5.74, 6) is 0.930. The minimum atomic E-state index is -0.283. The number of thioether (sulfide) groups is 1. The number of hydrogen-bond acceptors (Lipinski definition) is 5. The van der Waals surface area contributed by atoms with E-state index in [1.54, 1.807) is 37.3 Å². The number of halogens is 1. The summed E-state index contributed by atoms with van der Waals surface area (Å²) in [7, 11) is 1.64. The van der Waals surface area contributed by atoms with Crippen LogP contribution in [0.25, 0.3) is 11.0 Å². The molecule has 140 valence electrons. The van der Waals surface area contributed by atoms with Crippen molar-refractivity contribution in [1.29, 1.82) is 0 Å². The lowest BCUT2D eigenvalue weighted by molar-refractivity contribution is 0.0966. The molecule has 1 amide bonds. The molecule has 2 heterocycles. The molecule has 0 fully saturated rings. The van der Waals surface area contributed by atoms with Gasteiger partial charge in [-0.2, -0.15) is 0 Å². The van der Waals surface area contributed by atoms with Crippen molar-refractivity contribution >= 4 is 46.2 Å². The predicted octanol–water partition coefficient (Wildman–Crippen LogP) is 5.45. The van der Waals surface area contributed by atoms with Gasteiger partial charge in [-0.25, -0.2) is 9.97 Å². The Labute approximate surface area is 171 Å². The van der Waals surface area contributed by atoms with Crippen molar-refractivity contribution in [3.05, 3.63) is 83.3 Å². The van der Waals surface area contributed by atoms with Crippen LogP contribution in [-0.2, 0) is 5.75 Å². The van der Waals surface area contributed by atoms with Crippen LogP contribution in [0, 0.1) is 0 Å². The zero-order valence-corrected chi connectivity index (χ0v) is 16.6. The summed E-state index contributed by atoms with van der Waals surface area (Å²) in [4.78, 5) is 23.9. The Hall–Kier alpha value is -2.83. The van der Waals surface area contributed by atoms with Crippen LogP contribution in [0.15, 0.2) is 76.3 Å². The minimum absolute atomic E-state index is 0.283. The molecule has 28 heavy (non-hydrogen) atoms.